The Labute approximate surface area is 84.3 Å². The van der Waals surface area contributed by atoms with Crippen LogP contribution in [0.15, 0.2) is 17.3 Å². The van der Waals surface area contributed by atoms with Gasteiger partial charge < -0.3 is 5.21 Å². The Morgan fingerprint density at radius 2 is 1.67 bits per heavy atom. The summed E-state index contributed by atoms with van der Waals surface area (Å²) < 4.78 is 0. The van der Waals surface area contributed by atoms with Gasteiger partial charge in [-0.25, -0.2) is 0 Å². The summed E-state index contributed by atoms with van der Waals surface area (Å²) in [7, 11) is 0. The minimum Gasteiger partial charge on any atom is -0.411 e. The number of oxime groups is 1. The fourth-order valence-electron chi connectivity index (χ4n) is 0.716. The van der Waals surface area contributed by atoms with Crippen LogP contribution in [0, 0.1) is 0 Å². The first-order valence-electron chi connectivity index (χ1n) is 2.97. The molecule has 64 valence electrons. The van der Waals surface area contributed by atoms with Crippen molar-refractivity contribution >= 4 is 41.0 Å². The van der Waals surface area contributed by atoms with Crippen molar-refractivity contribution in [1.29, 1.82) is 0 Å². The number of hydrogen-bond donors (Lipinski definition) is 1. The predicted octanol–water partition coefficient (Wildman–Crippen LogP) is 3.45. The molecule has 1 aromatic rings. The Hall–Kier alpha value is -0.440. The maximum atomic E-state index is 8.22. The molecule has 12 heavy (non-hydrogen) atoms. The van der Waals surface area contributed by atoms with E-state index in [0.717, 1.165) is 0 Å². The molecule has 0 spiro atoms. The molecule has 0 aliphatic carbocycles. The van der Waals surface area contributed by atoms with Crippen molar-refractivity contribution in [2.45, 2.75) is 0 Å². The van der Waals surface area contributed by atoms with Crippen LogP contribution in [0.3, 0.4) is 0 Å². The molecule has 0 aromatic heterocycles. The molecule has 0 unspecified atom stereocenters. The first-order valence-corrected chi connectivity index (χ1v) is 4.10. The van der Waals surface area contributed by atoms with Crippen molar-refractivity contribution in [2.24, 2.45) is 5.16 Å². The summed E-state index contributed by atoms with van der Waals surface area (Å²) in [5.74, 6) is 0. The second-order valence-electron chi connectivity index (χ2n) is 2.04. The average Bonchev–Trinajstić information content (AvgIpc) is 2.01. The fourth-order valence-corrected chi connectivity index (χ4v) is 1.33. The Kier molecular flexibility index (Phi) is 3.20. The van der Waals surface area contributed by atoms with Crippen LogP contribution in [0.1, 0.15) is 5.56 Å². The van der Waals surface area contributed by atoms with Gasteiger partial charge in [-0.05, 0) is 17.7 Å². The van der Waals surface area contributed by atoms with Crippen LogP contribution in [0.25, 0.3) is 0 Å². The second-order valence-corrected chi connectivity index (χ2v) is 3.24. The maximum Gasteiger partial charge on any atom is 0.0778 e. The van der Waals surface area contributed by atoms with E-state index in [1.165, 1.54) is 6.21 Å². The van der Waals surface area contributed by atoms with E-state index in [2.05, 4.69) is 5.16 Å². The fraction of sp³-hybridized carbons (Fsp3) is 0. The van der Waals surface area contributed by atoms with Gasteiger partial charge in [-0.2, -0.15) is 0 Å². The van der Waals surface area contributed by atoms with Crippen molar-refractivity contribution in [1.82, 2.24) is 0 Å². The van der Waals surface area contributed by atoms with Gasteiger partial charge in [0.25, 0.3) is 0 Å². The van der Waals surface area contributed by atoms with Gasteiger partial charge in [0, 0.05) is 0 Å². The van der Waals surface area contributed by atoms with E-state index in [-0.39, 0.29) is 0 Å². The largest absolute Gasteiger partial charge is 0.411 e. The van der Waals surface area contributed by atoms with Gasteiger partial charge in [0.15, 0.2) is 0 Å². The summed E-state index contributed by atoms with van der Waals surface area (Å²) in [6.07, 6.45) is 1.22. The Morgan fingerprint density at radius 1 is 1.17 bits per heavy atom. The molecule has 1 N–H and O–H groups in total. The monoisotopic (exact) mass is 223 g/mol. The van der Waals surface area contributed by atoms with Crippen LogP contribution in [-0.2, 0) is 0 Å². The van der Waals surface area contributed by atoms with Crippen LogP contribution >= 0.6 is 34.8 Å². The van der Waals surface area contributed by atoms with Crippen LogP contribution < -0.4 is 0 Å². The molecule has 1 rings (SSSR count). The minimum atomic E-state index is 0.299. The minimum absolute atomic E-state index is 0.299. The maximum absolute atomic E-state index is 8.22. The molecular weight excluding hydrogens is 220 g/mol. The van der Waals surface area contributed by atoms with Crippen LogP contribution in [-0.4, -0.2) is 11.4 Å². The quantitative estimate of drug-likeness (QED) is 0.337. The average molecular weight is 224 g/mol. The highest BCUT2D eigenvalue weighted by Crippen LogP contribution is 2.30. The first-order chi connectivity index (χ1) is 5.65. The highest BCUT2D eigenvalue weighted by atomic mass is 35.5. The summed E-state index contributed by atoms with van der Waals surface area (Å²) in [5.41, 5.74) is 0.594. The molecule has 0 amide bonds. The molecule has 0 aliphatic heterocycles. The topological polar surface area (TPSA) is 32.6 Å². The van der Waals surface area contributed by atoms with E-state index < -0.39 is 0 Å². The van der Waals surface area contributed by atoms with Gasteiger partial charge in [-0.15, -0.1) is 0 Å². The van der Waals surface area contributed by atoms with E-state index >= 15 is 0 Å². The Balaban J connectivity index is 3.21. The zero-order valence-corrected chi connectivity index (χ0v) is 8.03. The van der Waals surface area contributed by atoms with Crippen molar-refractivity contribution in [3.8, 4) is 0 Å². The lowest BCUT2D eigenvalue weighted by Crippen LogP contribution is -1.82. The lowest BCUT2D eigenvalue weighted by Gasteiger charge is -1.99. The molecule has 0 radical (unpaired) electrons. The smallest absolute Gasteiger partial charge is 0.0778 e. The molecule has 5 heteroatoms. The van der Waals surface area contributed by atoms with Crippen LogP contribution in [0.2, 0.25) is 15.1 Å². The molecule has 0 atom stereocenters. The summed E-state index contributed by atoms with van der Waals surface area (Å²) in [5, 5.41) is 12.0. The van der Waals surface area contributed by atoms with E-state index in [1.807, 2.05) is 0 Å². The van der Waals surface area contributed by atoms with Crippen molar-refractivity contribution in [3.63, 3.8) is 0 Å². The van der Waals surface area contributed by atoms with Gasteiger partial charge in [0.05, 0.1) is 21.3 Å². The normalized spacial score (nSPS) is 10.9. The van der Waals surface area contributed by atoms with Crippen molar-refractivity contribution < 1.29 is 5.21 Å². The lowest BCUT2D eigenvalue weighted by molar-refractivity contribution is 0.322. The third-order valence-electron chi connectivity index (χ3n) is 1.21. The highest BCUT2D eigenvalue weighted by molar-refractivity contribution is 6.48. The van der Waals surface area contributed by atoms with Gasteiger partial charge in [0.2, 0.25) is 0 Å². The lowest BCUT2D eigenvalue weighted by atomic mass is 10.2. The zero-order chi connectivity index (χ0) is 9.14. The predicted molar refractivity (Wildman–Crippen MR) is 50.9 cm³/mol. The van der Waals surface area contributed by atoms with Gasteiger partial charge in [-0.1, -0.05) is 40.0 Å². The SMILES string of the molecule is ON=Cc1cc(Cl)c(Cl)c(Cl)c1. The third kappa shape index (κ3) is 2.03. The molecular formula is C7H4Cl3NO. The molecule has 2 nitrogen and oxygen atoms in total. The van der Waals surface area contributed by atoms with Crippen LogP contribution in [0.4, 0.5) is 0 Å². The standard InChI is InChI=1S/C7H4Cl3NO/c8-5-1-4(3-11-12)2-6(9)7(5)10/h1-3,12H. The summed E-state index contributed by atoms with van der Waals surface area (Å²) >= 11 is 17.1. The van der Waals surface area contributed by atoms with Gasteiger partial charge in [0.1, 0.15) is 0 Å². The molecule has 0 aliphatic rings. The number of benzene rings is 1. The molecule has 0 saturated carbocycles. The van der Waals surface area contributed by atoms with E-state index in [1.54, 1.807) is 12.1 Å². The molecule has 0 bridgehead atoms. The third-order valence-corrected chi connectivity index (χ3v) is 2.41. The number of nitrogens with zero attached hydrogens (tertiary/aromatic N) is 1. The number of rotatable bonds is 1. The molecule has 1 aromatic carbocycles. The molecule has 0 saturated heterocycles. The summed E-state index contributed by atoms with van der Waals surface area (Å²) in [6, 6.07) is 3.10. The van der Waals surface area contributed by atoms with Crippen LogP contribution in [0.5, 0.6) is 0 Å². The number of halogens is 3. The Morgan fingerprint density at radius 3 is 2.08 bits per heavy atom. The molecule has 0 fully saturated rings. The van der Waals surface area contributed by atoms with Crippen molar-refractivity contribution in [2.75, 3.05) is 0 Å². The van der Waals surface area contributed by atoms with Crippen molar-refractivity contribution in [3.05, 3.63) is 32.8 Å². The first kappa shape index (κ1) is 9.65. The second kappa shape index (κ2) is 3.99. The van der Waals surface area contributed by atoms with Gasteiger partial charge >= 0.3 is 0 Å². The summed E-state index contributed by atoms with van der Waals surface area (Å²) in [4.78, 5) is 0. The van der Waals surface area contributed by atoms with E-state index in [0.29, 0.717) is 20.6 Å². The molecule has 0 heterocycles. The Bertz CT molecular complexity index is 301. The summed E-state index contributed by atoms with van der Waals surface area (Å²) in [6.45, 7) is 0. The van der Waals surface area contributed by atoms with E-state index in [4.69, 9.17) is 40.0 Å². The zero-order valence-electron chi connectivity index (χ0n) is 5.76. The van der Waals surface area contributed by atoms with E-state index in [9.17, 15) is 0 Å². The highest BCUT2D eigenvalue weighted by Gasteiger charge is 2.04. The van der Waals surface area contributed by atoms with Gasteiger partial charge in [-0.3, -0.25) is 0 Å². The number of hydrogen-bond acceptors (Lipinski definition) is 2.